The molecule has 0 amide bonds. The lowest BCUT2D eigenvalue weighted by atomic mass is 9.95. The van der Waals surface area contributed by atoms with Crippen molar-refractivity contribution >= 4 is 35.6 Å². The van der Waals surface area contributed by atoms with Crippen LogP contribution in [-0.2, 0) is 19.2 Å². The van der Waals surface area contributed by atoms with Crippen molar-refractivity contribution in [2.24, 2.45) is 11.5 Å². The third-order valence-corrected chi connectivity index (χ3v) is 5.04. The lowest BCUT2D eigenvalue weighted by Crippen LogP contribution is -2.42. The molecule has 0 aromatic rings. The molecule has 12 heteroatoms. The van der Waals surface area contributed by atoms with E-state index in [1.807, 2.05) is 6.26 Å². The van der Waals surface area contributed by atoms with E-state index < -0.39 is 42.0 Å². The predicted molar refractivity (Wildman–Crippen MR) is 118 cm³/mol. The molecule has 31 heavy (non-hydrogen) atoms. The summed E-state index contributed by atoms with van der Waals surface area (Å²) >= 11 is 1.60. The standard InChI is InChI=1S/C9H17NO2.C5H9NO4.C5H11NO2S/c1-7(9(11)12)10-8-5-3-2-4-6-8;6-3(5(9)10)1-2-4(7)8;1-9-3-2-4(6)5(7)8/h7-8,10H,2-6H2,1H3,(H,11,12);3H,1-2,6H2,(H,7,8)(H,9,10);4H,2-3,6H2,1H3,(H,7,8)/t7-;3-;4-/m000/s1. The average molecular weight is 468 g/mol. The molecule has 1 fully saturated rings. The van der Waals surface area contributed by atoms with Gasteiger partial charge in [-0.05, 0) is 44.6 Å². The van der Waals surface area contributed by atoms with Crippen molar-refractivity contribution in [3.05, 3.63) is 0 Å². The monoisotopic (exact) mass is 467 g/mol. The molecule has 0 radical (unpaired) electrons. The fraction of sp³-hybridized carbons (Fsp3) is 0.789. The summed E-state index contributed by atoms with van der Waals surface area (Å²) in [7, 11) is 0. The van der Waals surface area contributed by atoms with Gasteiger partial charge in [0.15, 0.2) is 0 Å². The minimum Gasteiger partial charge on any atom is -0.481 e. The van der Waals surface area contributed by atoms with Gasteiger partial charge >= 0.3 is 23.9 Å². The Morgan fingerprint density at radius 3 is 1.77 bits per heavy atom. The number of aliphatic carboxylic acids is 4. The molecule has 0 aromatic carbocycles. The quantitative estimate of drug-likeness (QED) is 0.225. The summed E-state index contributed by atoms with van der Waals surface area (Å²) < 4.78 is 0. The summed E-state index contributed by atoms with van der Waals surface area (Å²) in [5.74, 6) is -3.05. The van der Waals surface area contributed by atoms with E-state index in [0.29, 0.717) is 12.5 Å². The van der Waals surface area contributed by atoms with Crippen molar-refractivity contribution in [2.45, 2.75) is 82.5 Å². The zero-order chi connectivity index (χ0) is 24.4. The molecule has 3 atom stereocenters. The van der Waals surface area contributed by atoms with Crippen LogP contribution < -0.4 is 16.8 Å². The smallest absolute Gasteiger partial charge is 0.320 e. The second-order valence-electron chi connectivity index (χ2n) is 7.16. The van der Waals surface area contributed by atoms with Crippen molar-refractivity contribution in [1.82, 2.24) is 5.32 Å². The Kier molecular flexibility index (Phi) is 19.0. The van der Waals surface area contributed by atoms with Crippen LogP contribution in [0.3, 0.4) is 0 Å². The van der Waals surface area contributed by atoms with E-state index in [-0.39, 0.29) is 12.8 Å². The van der Waals surface area contributed by atoms with Crippen LogP contribution in [0.5, 0.6) is 0 Å². The Balaban J connectivity index is 0. The SMILES string of the molecule is CSCC[C@H](N)C(=O)O.C[C@H](NC1CCCCC1)C(=O)O.N[C@@H](CCC(=O)O)C(=O)O. The average Bonchev–Trinajstić information content (AvgIpc) is 2.71. The van der Waals surface area contributed by atoms with E-state index in [2.05, 4.69) is 5.32 Å². The lowest BCUT2D eigenvalue weighted by molar-refractivity contribution is -0.141. The molecular weight excluding hydrogens is 430 g/mol. The zero-order valence-electron chi connectivity index (χ0n) is 18.2. The largest absolute Gasteiger partial charge is 0.481 e. The van der Waals surface area contributed by atoms with Crippen LogP contribution in [-0.4, -0.2) is 80.5 Å². The molecule has 0 bridgehead atoms. The van der Waals surface area contributed by atoms with Gasteiger partial charge in [-0.1, -0.05) is 19.3 Å². The number of hydrogen-bond acceptors (Lipinski definition) is 8. The second kappa shape index (κ2) is 18.8. The molecular formula is C19H37N3O8S. The van der Waals surface area contributed by atoms with E-state index >= 15 is 0 Å². The fourth-order valence-corrected chi connectivity index (χ4v) is 2.95. The van der Waals surface area contributed by atoms with Gasteiger partial charge in [-0.25, -0.2) is 0 Å². The number of carbonyl (C=O) groups is 4. The number of thioether (sulfide) groups is 1. The van der Waals surface area contributed by atoms with Crippen molar-refractivity contribution in [3.63, 3.8) is 0 Å². The van der Waals surface area contributed by atoms with E-state index in [9.17, 15) is 19.2 Å². The first-order chi connectivity index (χ1) is 14.4. The van der Waals surface area contributed by atoms with Crippen molar-refractivity contribution in [1.29, 1.82) is 0 Å². The molecule has 0 heterocycles. The first kappa shape index (κ1) is 31.3. The molecule has 0 aliphatic heterocycles. The topological polar surface area (TPSA) is 213 Å². The van der Waals surface area contributed by atoms with Crippen molar-refractivity contribution < 1.29 is 39.6 Å². The van der Waals surface area contributed by atoms with Crippen LogP contribution >= 0.6 is 11.8 Å². The van der Waals surface area contributed by atoms with Gasteiger partial charge in [0, 0.05) is 12.5 Å². The van der Waals surface area contributed by atoms with Crippen LogP contribution in [0.4, 0.5) is 0 Å². The highest BCUT2D eigenvalue weighted by atomic mass is 32.2. The van der Waals surface area contributed by atoms with Crippen LogP contribution in [0.15, 0.2) is 0 Å². The van der Waals surface area contributed by atoms with Crippen LogP contribution in [0.1, 0.15) is 58.3 Å². The molecule has 9 N–H and O–H groups in total. The van der Waals surface area contributed by atoms with E-state index in [0.717, 1.165) is 18.6 Å². The summed E-state index contributed by atoms with van der Waals surface area (Å²) in [5, 5.41) is 36.3. The third kappa shape index (κ3) is 19.8. The van der Waals surface area contributed by atoms with Gasteiger partial charge in [-0.2, -0.15) is 11.8 Å². The van der Waals surface area contributed by atoms with Gasteiger partial charge in [0.05, 0.1) is 0 Å². The maximum atomic E-state index is 10.5. The molecule has 0 saturated heterocycles. The fourth-order valence-electron chi connectivity index (χ4n) is 2.46. The number of nitrogens with one attached hydrogen (secondary N) is 1. The van der Waals surface area contributed by atoms with Gasteiger partial charge in [0.1, 0.15) is 18.1 Å². The Hall–Kier alpha value is -1.89. The molecule has 0 unspecified atom stereocenters. The number of carboxylic acids is 4. The Labute approximate surface area is 186 Å². The van der Waals surface area contributed by atoms with E-state index in [1.54, 1.807) is 18.7 Å². The highest BCUT2D eigenvalue weighted by Crippen LogP contribution is 2.17. The summed E-state index contributed by atoms with van der Waals surface area (Å²) in [4.78, 5) is 40.5. The Morgan fingerprint density at radius 2 is 1.39 bits per heavy atom. The molecule has 1 aliphatic rings. The summed E-state index contributed by atoms with van der Waals surface area (Å²) in [6.07, 6.45) is 8.31. The zero-order valence-corrected chi connectivity index (χ0v) is 19.0. The molecule has 0 aromatic heterocycles. The summed E-state index contributed by atoms with van der Waals surface area (Å²) in [6.45, 7) is 1.71. The molecule has 1 aliphatic carbocycles. The van der Waals surface area contributed by atoms with E-state index in [1.165, 1.54) is 19.3 Å². The van der Waals surface area contributed by atoms with Gasteiger partial charge in [0.2, 0.25) is 0 Å². The summed E-state index contributed by atoms with van der Waals surface area (Å²) in [6, 6.07) is -1.70. The number of hydrogen-bond donors (Lipinski definition) is 7. The molecule has 182 valence electrons. The third-order valence-electron chi connectivity index (χ3n) is 4.40. The van der Waals surface area contributed by atoms with Gasteiger partial charge in [-0.15, -0.1) is 0 Å². The van der Waals surface area contributed by atoms with Gasteiger partial charge in [-0.3, -0.25) is 19.2 Å². The first-order valence-electron chi connectivity index (χ1n) is 10.1. The molecule has 1 rings (SSSR count). The second-order valence-corrected chi connectivity index (χ2v) is 8.15. The number of carboxylic acid groups (broad SMARTS) is 4. The van der Waals surface area contributed by atoms with Crippen LogP contribution in [0.25, 0.3) is 0 Å². The van der Waals surface area contributed by atoms with Crippen LogP contribution in [0, 0.1) is 0 Å². The van der Waals surface area contributed by atoms with Gasteiger partial charge < -0.3 is 37.2 Å². The molecule has 0 spiro atoms. The van der Waals surface area contributed by atoms with Crippen molar-refractivity contribution in [2.75, 3.05) is 12.0 Å². The Bertz CT molecular complexity index is 544. The lowest BCUT2D eigenvalue weighted by Gasteiger charge is -2.24. The minimum atomic E-state index is -1.17. The van der Waals surface area contributed by atoms with Crippen LogP contribution in [0.2, 0.25) is 0 Å². The first-order valence-corrected chi connectivity index (χ1v) is 11.5. The molecule has 11 nitrogen and oxygen atoms in total. The van der Waals surface area contributed by atoms with Gasteiger partial charge in [0.25, 0.3) is 0 Å². The number of nitrogens with two attached hydrogens (primary N) is 2. The predicted octanol–water partition coefficient (Wildman–Crippen LogP) is 0.796. The summed E-state index contributed by atoms with van der Waals surface area (Å²) in [5.41, 5.74) is 10.2. The maximum Gasteiger partial charge on any atom is 0.320 e. The highest BCUT2D eigenvalue weighted by Gasteiger charge is 2.18. The maximum absolute atomic E-state index is 10.5. The normalized spacial score (nSPS) is 16.4. The Morgan fingerprint density at radius 1 is 0.903 bits per heavy atom. The molecule has 1 saturated carbocycles. The van der Waals surface area contributed by atoms with Crippen molar-refractivity contribution in [3.8, 4) is 0 Å². The minimum absolute atomic E-state index is 0.0231. The highest BCUT2D eigenvalue weighted by molar-refractivity contribution is 7.98. The number of rotatable bonds is 11. The van der Waals surface area contributed by atoms with E-state index in [4.69, 9.17) is 31.9 Å².